The van der Waals surface area contributed by atoms with Crippen molar-refractivity contribution in [3.63, 3.8) is 0 Å². The summed E-state index contributed by atoms with van der Waals surface area (Å²) in [6.45, 7) is 4.51. The van der Waals surface area contributed by atoms with Crippen molar-refractivity contribution in [2.75, 3.05) is 5.75 Å². The molecule has 0 saturated carbocycles. The summed E-state index contributed by atoms with van der Waals surface area (Å²) in [5.74, 6) is -0.885. The first-order valence-electron chi connectivity index (χ1n) is 18.7. The van der Waals surface area contributed by atoms with Crippen LogP contribution in [0, 0.1) is 0 Å². The van der Waals surface area contributed by atoms with E-state index in [0.29, 0.717) is 12.8 Å². The Morgan fingerprint density at radius 2 is 0.837 bits per heavy atom. The molecular formula is C36H73NO5S. The van der Waals surface area contributed by atoms with Crippen LogP contribution < -0.4 is 5.32 Å². The minimum absolute atomic E-state index is 0.244. The van der Waals surface area contributed by atoms with Gasteiger partial charge < -0.3 is 10.4 Å². The van der Waals surface area contributed by atoms with Gasteiger partial charge in [-0.25, -0.2) is 0 Å². The highest BCUT2D eigenvalue weighted by molar-refractivity contribution is 7.85. The minimum Gasteiger partial charge on any atom is -0.391 e. The fraction of sp³-hybridized carbons (Fsp3) is 0.972. The number of hydrogen-bond donors (Lipinski definition) is 3. The van der Waals surface area contributed by atoms with Gasteiger partial charge in [-0.3, -0.25) is 9.35 Å². The molecule has 6 nitrogen and oxygen atoms in total. The summed E-state index contributed by atoms with van der Waals surface area (Å²) in [5, 5.41) is 13.3. The Morgan fingerprint density at radius 3 is 1.16 bits per heavy atom. The summed E-state index contributed by atoms with van der Waals surface area (Å²) >= 11 is 0. The average molecular weight is 632 g/mol. The zero-order valence-corrected chi connectivity index (χ0v) is 29.4. The second-order valence-corrected chi connectivity index (χ2v) is 14.7. The van der Waals surface area contributed by atoms with Gasteiger partial charge >= 0.3 is 0 Å². The third-order valence-electron chi connectivity index (χ3n) is 8.81. The Hall–Kier alpha value is -0.660. The first-order valence-corrected chi connectivity index (χ1v) is 20.3. The van der Waals surface area contributed by atoms with Crippen molar-refractivity contribution in [3.05, 3.63) is 0 Å². The topological polar surface area (TPSA) is 104 Å². The predicted octanol–water partition coefficient (Wildman–Crippen LogP) is 10.5. The van der Waals surface area contributed by atoms with E-state index < -0.39 is 28.0 Å². The molecule has 43 heavy (non-hydrogen) atoms. The van der Waals surface area contributed by atoms with E-state index in [-0.39, 0.29) is 5.91 Å². The van der Waals surface area contributed by atoms with E-state index in [4.69, 9.17) is 0 Å². The first-order chi connectivity index (χ1) is 20.8. The third kappa shape index (κ3) is 32.5. The maximum Gasteiger partial charge on any atom is 0.266 e. The van der Waals surface area contributed by atoms with Crippen LogP contribution in [0.5, 0.6) is 0 Å². The highest BCUT2D eigenvalue weighted by Crippen LogP contribution is 2.16. The van der Waals surface area contributed by atoms with Crippen LogP contribution in [0.2, 0.25) is 0 Å². The number of unbranched alkanes of at least 4 members (excludes halogenated alkanes) is 26. The van der Waals surface area contributed by atoms with Gasteiger partial charge in [-0.05, 0) is 12.8 Å². The lowest BCUT2D eigenvalue weighted by Gasteiger charge is -2.23. The summed E-state index contributed by atoms with van der Waals surface area (Å²) < 4.78 is 32.4. The number of hydrogen-bond acceptors (Lipinski definition) is 4. The number of carbonyl (C=O) groups is 1. The summed E-state index contributed by atoms with van der Waals surface area (Å²) in [6.07, 6.45) is 34.7. The lowest BCUT2D eigenvalue weighted by atomic mass is 10.0. The van der Waals surface area contributed by atoms with E-state index in [1.807, 2.05) is 0 Å². The van der Waals surface area contributed by atoms with E-state index in [1.54, 1.807) is 0 Å². The maximum atomic E-state index is 12.5. The Balaban J connectivity index is 3.87. The van der Waals surface area contributed by atoms with E-state index in [9.17, 15) is 22.9 Å². The second-order valence-electron chi connectivity index (χ2n) is 13.2. The molecule has 0 rings (SSSR count). The quantitative estimate of drug-likeness (QED) is 0.0484. The van der Waals surface area contributed by atoms with Gasteiger partial charge in [0.2, 0.25) is 5.91 Å². The molecule has 0 bridgehead atoms. The van der Waals surface area contributed by atoms with Crippen molar-refractivity contribution < 1.29 is 22.9 Å². The fourth-order valence-corrected chi connectivity index (χ4v) is 6.74. The fourth-order valence-electron chi connectivity index (χ4n) is 5.98. The van der Waals surface area contributed by atoms with Gasteiger partial charge in [0.1, 0.15) is 0 Å². The van der Waals surface area contributed by atoms with Gasteiger partial charge in [0.25, 0.3) is 10.1 Å². The van der Waals surface area contributed by atoms with Crippen molar-refractivity contribution in [1.29, 1.82) is 0 Å². The van der Waals surface area contributed by atoms with Gasteiger partial charge in [0.15, 0.2) is 0 Å². The molecule has 0 fully saturated rings. The molecule has 0 spiro atoms. The van der Waals surface area contributed by atoms with Crippen LogP contribution in [0.25, 0.3) is 0 Å². The Morgan fingerprint density at radius 1 is 0.535 bits per heavy atom. The molecule has 3 N–H and O–H groups in total. The molecule has 2 atom stereocenters. The molecule has 0 aliphatic rings. The average Bonchev–Trinajstić information content (AvgIpc) is 2.96. The largest absolute Gasteiger partial charge is 0.391 e. The molecule has 0 aromatic rings. The van der Waals surface area contributed by atoms with Gasteiger partial charge in [-0.1, -0.05) is 187 Å². The van der Waals surface area contributed by atoms with E-state index in [1.165, 1.54) is 141 Å². The Bertz CT molecular complexity index is 700. The van der Waals surface area contributed by atoms with Gasteiger partial charge in [0.05, 0.1) is 17.9 Å². The van der Waals surface area contributed by atoms with Gasteiger partial charge in [0, 0.05) is 6.42 Å². The van der Waals surface area contributed by atoms with Crippen LogP contribution in [-0.2, 0) is 14.9 Å². The van der Waals surface area contributed by atoms with Crippen molar-refractivity contribution >= 4 is 16.0 Å². The summed E-state index contributed by atoms with van der Waals surface area (Å²) in [4.78, 5) is 12.5. The second kappa shape index (κ2) is 31.3. The van der Waals surface area contributed by atoms with Crippen molar-refractivity contribution in [1.82, 2.24) is 5.32 Å². The molecule has 258 valence electrons. The van der Waals surface area contributed by atoms with Gasteiger partial charge in [-0.2, -0.15) is 8.42 Å². The normalized spacial score (nSPS) is 13.3. The SMILES string of the molecule is CCCCCCCCCCCCCCCCCCC(O)C(CS(=O)(=O)O)NC(=O)CCCCCCCCCCCCCC. The zero-order valence-electron chi connectivity index (χ0n) is 28.6. The third-order valence-corrected chi connectivity index (χ3v) is 9.59. The molecule has 1 amide bonds. The summed E-state index contributed by atoms with van der Waals surface area (Å²) in [5.41, 5.74) is 0. The standard InChI is InChI=1S/C36H73NO5S/c1-3-5-7-9-11-13-15-17-18-19-20-21-23-25-27-29-31-35(38)34(33-43(40,41)42)37-36(39)32-30-28-26-24-22-16-14-12-10-8-6-4-2/h34-35,38H,3-33H2,1-2H3,(H,37,39)(H,40,41,42). The van der Waals surface area contributed by atoms with Crippen LogP contribution in [0.15, 0.2) is 0 Å². The molecule has 7 heteroatoms. The van der Waals surface area contributed by atoms with Crippen molar-refractivity contribution in [2.24, 2.45) is 0 Å². The number of aliphatic hydroxyl groups excluding tert-OH is 1. The van der Waals surface area contributed by atoms with E-state index in [2.05, 4.69) is 19.2 Å². The molecule has 0 heterocycles. The highest BCUT2D eigenvalue weighted by Gasteiger charge is 2.26. The van der Waals surface area contributed by atoms with Crippen molar-refractivity contribution in [2.45, 2.75) is 219 Å². The smallest absolute Gasteiger partial charge is 0.266 e. The van der Waals surface area contributed by atoms with Crippen LogP contribution in [0.1, 0.15) is 206 Å². The number of rotatable bonds is 34. The molecule has 0 radical (unpaired) electrons. The number of amides is 1. The molecule has 0 aromatic carbocycles. The Labute approximate surface area is 268 Å². The van der Waals surface area contributed by atoms with Crippen LogP contribution in [0.4, 0.5) is 0 Å². The minimum atomic E-state index is -4.30. The molecule has 0 aliphatic heterocycles. The van der Waals surface area contributed by atoms with Crippen LogP contribution in [0.3, 0.4) is 0 Å². The maximum absolute atomic E-state index is 12.5. The number of nitrogens with one attached hydrogen (secondary N) is 1. The summed E-state index contributed by atoms with van der Waals surface area (Å²) in [6, 6.07) is -0.962. The first kappa shape index (κ1) is 42.3. The highest BCUT2D eigenvalue weighted by atomic mass is 32.2. The van der Waals surface area contributed by atoms with Crippen molar-refractivity contribution in [3.8, 4) is 0 Å². The zero-order chi connectivity index (χ0) is 31.9. The molecule has 0 aromatic heterocycles. The van der Waals surface area contributed by atoms with Crippen LogP contribution >= 0.6 is 0 Å². The molecule has 2 unspecified atom stereocenters. The van der Waals surface area contributed by atoms with E-state index >= 15 is 0 Å². The van der Waals surface area contributed by atoms with Crippen LogP contribution in [-0.4, -0.2) is 41.9 Å². The molecule has 0 saturated heterocycles. The molecule has 0 aliphatic carbocycles. The summed E-state index contributed by atoms with van der Waals surface area (Å²) in [7, 11) is -4.30. The molecular weight excluding hydrogens is 558 g/mol. The lowest BCUT2D eigenvalue weighted by molar-refractivity contribution is -0.122. The number of aliphatic hydroxyl groups is 1. The van der Waals surface area contributed by atoms with E-state index in [0.717, 1.165) is 38.5 Å². The lowest BCUT2D eigenvalue weighted by Crippen LogP contribution is -2.47. The predicted molar refractivity (Wildman–Crippen MR) is 184 cm³/mol. The van der Waals surface area contributed by atoms with Gasteiger partial charge in [-0.15, -0.1) is 0 Å². The number of carbonyl (C=O) groups excluding carboxylic acids is 1. The Kier molecular flexibility index (Phi) is 30.8. The monoisotopic (exact) mass is 632 g/mol.